The molecule has 3 heteroatoms. The quantitative estimate of drug-likeness (QED) is 0.769. The van der Waals surface area contributed by atoms with Crippen LogP contribution in [-0.4, -0.2) is 11.5 Å². The summed E-state index contributed by atoms with van der Waals surface area (Å²) in [6, 6.07) is 6.24. The topological polar surface area (TPSA) is 38.0 Å². The van der Waals surface area contributed by atoms with Crippen LogP contribution in [0.1, 0.15) is 18.1 Å². The van der Waals surface area contributed by atoms with Gasteiger partial charge in [0.25, 0.3) is 0 Å². The number of hydrogen-bond acceptors (Lipinski definition) is 2. The van der Waals surface area contributed by atoms with Crippen LogP contribution in [0.3, 0.4) is 0 Å². The summed E-state index contributed by atoms with van der Waals surface area (Å²) in [6.45, 7) is 7.04. The molecule has 0 aliphatic carbocycles. The van der Waals surface area contributed by atoms with E-state index >= 15 is 0 Å². The zero-order chi connectivity index (χ0) is 11.4. The third kappa shape index (κ3) is 3.20. The Morgan fingerprint density at radius 1 is 1.47 bits per heavy atom. The molecule has 1 aromatic rings. The molecule has 1 rings (SSSR count). The van der Waals surface area contributed by atoms with Gasteiger partial charge in [-0.05, 0) is 31.0 Å². The molecule has 2 nitrogen and oxygen atoms in total. The van der Waals surface area contributed by atoms with Crippen LogP contribution < -0.4 is 11.1 Å². The van der Waals surface area contributed by atoms with E-state index in [1.807, 2.05) is 6.92 Å². The van der Waals surface area contributed by atoms with Crippen LogP contribution in [0.25, 0.3) is 0 Å². The van der Waals surface area contributed by atoms with Crippen LogP contribution in [0.2, 0.25) is 0 Å². The fourth-order valence-electron chi connectivity index (χ4n) is 1.31. The zero-order valence-electron chi connectivity index (χ0n) is 9.50. The Hall–Kier alpha value is -1.09. The van der Waals surface area contributed by atoms with Gasteiger partial charge in [-0.15, -0.1) is 0 Å². The number of benzene rings is 1. The molecular formula is C12H18N2S. The molecule has 0 aliphatic heterocycles. The molecule has 1 atom stereocenters. The molecule has 15 heavy (non-hydrogen) atoms. The largest absolute Gasteiger partial charge is 0.393 e. The summed E-state index contributed by atoms with van der Waals surface area (Å²) in [5, 5.41) is 3.37. The predicted molar refractivity (Wildman–Crippen MR) is 70.4 cm³/mol. The van der Waals surface area contributed by atoms with E-state index in [1.165, 1.54) is 11.1 Å². The van der Waals surface area contributed by atoms with Crippen LogP contribution in [0.15, 0.2) is 18.2 Å². The molecule has 0 bridgehead atoms. The van der Waals surface area contributed by atoms with Crippen LogP contribution in [-0.2, 0) is 0 Å². The Labute approximate surface area is 96.9 Å². The number of rotatable bonds is 4. The van der Waals surface area contributed by atoms with E-state index in [2.05, 4.69) is 37.4 Å². The second kappa shape index (κ2) is 5.12. The van der Waals surface area contributed by atoms with Gasteiger partial charge >= 0.3 is 0 Å². The Morgan fingerprint density at radius 3 is 2.73 bits per heavy atom. The highest BCUT2D eigenvalue weighted by Crippen LogP contribution is 2.18. The minimum absolute atomic E-state index is 0.222. The molecule has 0 aliphatic rings. The molecule has 0 spiro atoms. The molecule has 3 N–H and O–H groups in total. The summed E-state index contributed by atoms with van der Waals surface area (Å²) >= 11 is 4.93. The lowest BCUT2D eigenvalue weighted by molar-refractivity contribution is 0.820. The van der Waals surface area contributed by atoms with Crippen LogP contribution in [0.5, 0.6) is 0 Å². The monoisotopic (exact) mass is 222 g/mol. The van der Waals surface area contributed by atoms with E-state index in [0.29, 0.717) is 4.99 Å². The summed E-state index contributed by atoms with van der Waals surface area (Å²) in [4.78, 5) is 0.563. The Kier molecular flexibility index (Phi) is 4.09. The first-order valence-electron chi connectivity index (χ1n) is 5.11. The van der Waals surface area contributed by atoms with Crippen molar-refractivity contribution in [2.75, 3.05) is 11.9 Å². The molecule has 1 unspecified atom stereocenters. The van der Waals surface area contributed by atoms with Crippen molar-refractivity contribution >= 4 is 22.9 Å². The van der Waals surface area contributed by atoms with E-state index in [9.17, 15) is 0 Å². The van der Waals surface area contributed by atoms with Gasteiger partial charge in [-0.1, -0.05) is 31.3 Å². The van der Waals surface area contributed by atoms with Gasteiger partial charge in [0, 0.05) is 18.2 Å². The lowest BCUT2D eigenvalue weighted by atomic mass is 10.1. The second-order valence-electron chi connectivity index (χ2n) is 3.93. The van der Waals surface area contributed by atoms with E-state index in [4.69, 9.17) is 18.0 Å². The lowest BCUT2D eigenvalue weighted by Gasteiger charge is -2.14. The molecule has 0 aromatic heterocycles. The van der Waals surface area contributed by atoms with Crippen molar-refractivity contribution in [1.82, 2.24) is 0 Å². The van der Waals surface area contributed by atoms with Crippen molar-refractivity contribution in [2.24, 2.45) is 11.7 Å². The third-order valence-electron chi connectivity index (χ3n) is 2.69. The van der Waals surface area contributed by atoms with Gasteiger partial charge < -0.3 is 11.1 Å². The first-order valence-corrected chi connectivity index (χ1v) is 5.52. The lowest BCUT2D eigenvalue weighted by Crippen LogP contribution is -2.25. The molecule has 0 amide bonds. The van der Waals surface area contributed by atoms with E-state index < -0.39 is 0 Å². The molecular weight excluding hydrogens is 204 g/mol. The van der Waals surface area contributed by atoms with Gasteiger partial charge in [0.15, 0.2) is 0 Å². The third-order valence-corrected chi connectivity index (χ3v) is 3.09. The molecule has 82 valence electrons. The predicted octanol–water partition coefficient (Wildman–Crippen LogP) is 2.64. The fourth-order valence-corrected chi connectivity index (χ4v) is 1.39. The number of thiocarbonyl (C=S) groups is 1. The highest BCUT2D eigenvalue weighted by molar-refractivity contribution is 7.80. The van der Waals surface area contributed by atoms with Crippen molar-refractivity contribution in [3.05, 3.63) is 29.3 Å². The standard InChI is InChI=1S/C12H18N2S/c1-8-5-4-6-11(10(8)3)14-7-9(2)12(13)15/h4-6,9,14H,7H2,1-3H3,(H2,13,15). The molecule has 0 fully saturated rings. The number of nitrogens with one attached hydrogen (secondary N) is 1. The first-order chi connectivity index (χ1) is 7.02. The minimum Gasteiger partial charge on any atom is -0.393 e. The number of hydrogen-bond donors (Lipinski definition) is 2. The van der Waals surface area contributed by atoms with Crippen molar-refractivity contribution in [3.63, 3.8) is 0 Å². The molecule has 1 aromatic carbocycles. The average molecular weight is 222 g/mol. The molecule has 0 saturated carbocycles. The van der Waals surface area contributed by atoms with Crippen molar-refractivity contribution in [1.29, 1.82) is 0 Å². The molecule has 0 heterocycles. The highest BCUT2D eigenvalue weighted by atomic mass is 32.1. The summed E-state index contributed by atoms with van der Waals surface area (Å²) in [5.74, 6) is 0.222. The number of anilines is 1. The minimum atomic E-state index is 0.222. The Morgan fingerprint density at radius 2 is 2.13 bits per heavy atom. The average Bonchev–Trinajstić information content (AvgIpc) is 2.19. The van der Waals surface area contributed by atoms with Crippen LogP contribution >= 0.6 is 12.2 Å². The van der Waals surface area contributed by atoms with Crippen LogP contribution in [0, 0.1) is 19.8 Å². The molecule has 0 radical (unpaired) electrons. The summed E-state index contributed by atoms with van der Waals surface area (Å²) in [5.41, 5.74) is 9.30. The van der Waals surface area contributed by atoms with Gasteiger partial charge in [-0.2, -0.15) is 0 Å². The first kappa shape index (κ1) is 12.0. The fraction of sp³-hybridized carbons (Fsp3) is 0.417. The number of nitrogens with two attached hydrogens (primary N) is 1. The van der Waals surface area contributed by atoms with Gasteiger partial charge in [-0.3, -0.25) is 0 Å². The highest BCUT2D eigenvalue weighted by Gasteiger charge is 2.05. The van der Waals surface area contributed by atoms with Gasteiger partial charge in [0.05, 0.1) is 4.99 Å². The maximum absolute atomic E-state index is 5.56. The molecule has 0 saturated heterocycles. The summed E-state index contributed by atoms with van der Waals surface area (Å²) in [6.07, 6.45) is 0. The maximum atomic E-state index is 5.56. The summed E-state index contributed by atoms with van der Waals surface area (Å²) < 4.78 is 0. The van der Waals surface area contributed by atoms with Crippen molar-refractivity contribution < 1.29 is 0 Å². The zero-order valence-corrected chi connectivity index (χ0v) is 10.3. The van der Waals surface area contributed by atoms with Crippen molar-refractivity contribution in [2.45, 2.75) is 20.8 Å². The SMILES string of the molecule is Cc1cccc(NCC(C)C(N)=S)c1C. The van der Waals surface area contributed by atoms with Crippen molar-refractivity contribution in [3.8, 4) is 0 Å². The maximum Gasteiger partial charge on any atom is 0.0773 e. The van der Waals surface area contributed by atoms with E-state index in [1.54, 1.807) is 0 Å². The summed E-state index contributed by atoms with van der Waals surface area (Å²) in [7, 11) is 0. The van der Waals surface area contributed by atoms with Gasteiger partial charge in [0.2, 0.25) is 0 Å². The Bertz CT molecular complexity index is 361. The number of aryl methyl sites for hydroxylation is 1. The second-order valence-corrected chi connectivity index (χ2v) is 4.40. The van der Waals surface area contributed by atoms with Crippen LogP contribution in [0.4, 0.5) is 5.69 Å². The Balaban J connectivity index is 2.66. The van der Waals surface area contributed by atoms with E-state index in [-0.39, 0.29) is 5.92 Å². The normalized spacial score (nSPS) is 12.2. The smallest absolute Gasteiger partial charge is 0.0773 e. The van der Waals surface area contributed by atoms with E-state index in [0.717, 1.165) is 12.2 Å². The van der Waals surface area contributed by atoms with Gasteiger partial charge in [-0.25, -0.2) is 0 Å². The van der Waals surface area contributed by atoms with Gasteiger partial charge in [0.1, 0.15) is 0 Å².